The first-order valence-corrected chi connectivity index (χ1v) is 11.0. The second-order valence-electron chi connectivity index (χ2n) is 8.97. The number of rotatable bonds is 3. The Labute approximate surface area is 184 Å². The van der Waals surface area contributed by atoms with Gasteiger partial charge in [-0.15, -0.1) is 0 Å². The van der Waals surface area contributed by atoms with Gasteiger partial charge in [-0.3, -0.25) is 0 Å². The molecule has 3 aromatic heterocycles. The maximum atomic E-state index is 13.8. The summed E-state index contributed by atoms with van der Waals surface area (Å²) in [6.45, 7) is 7.77. The van der Waals surface area contributed by atoms with E-state index in [1.165, 1.54) is 16.1 Å². The Balaban J connectivity index is 1.71. The molecule has 2 N–H and O–H groups in total. The maximum absolute atomic E-state index is 13.8. The Morgan fingerprint density at radius 2 is 1.88 bits per heavy atom. The summed E-state index contributed by atoms with van der Waals surface area (Å²) in [5.41, 5.74) is 3.47. The molecular formula is C24H26F3N5. The summed E-state index contributed by atoms with van der Waals surface area (Å²) in [6.07, 6.45) is -0.702. The number of H-pyrrole nitrogens is 1. The largest absolute Gasteiger partial charge is 0.420 e. The molecule has 1 aliphatic heterocycles. The van der Waals surface area contributed by atoms with Crippen molar-refractivity contribution in [3.8, 4) is 11.3 Å². The standard InChI is InChI=1S/C24H26F3N5/c1-13(2)21-18-10-16(15-6-8-28-9-7-15)4-5-20(18)30-22(21)17-11-19(24(25,26)27)23-29-14(3)31-32(23)12-17/h4-5,10-13,15,28,30H,6-9H2,1-3H3. The van der Waals surface area contributed by atoms with Gasteiger partial charge in [0.05, 0.1) is 5.69 Å². The van der Waals surface area contributed by atoms with Gasteiger partial charge in [-0.1, -0.05) is 19.9 Å². The highest BCUT2D eigenvalue weighted by Crippen LogP contribution is 2.40. The Morgan fingerprint density at radius 3 is 2.56 bits per heavy atom. The van der Waals surface area contributed by atoms with E-state index >= 15 is 0 Å². The number of aromatic amines is 1. The normalized spacial score (nSPS) is 16.0. The van der Waals surface area contributed by atoms with Crippen LogP contribution in [0.25, 0.3) is 27.8 Å². The van der Waals surface area contributed by atoms with Crippen molar-refractivity contribution in [2.75, 3.05) is 13.1 Å². The number of aryl methyl sites for hydroxylation is 1. The molecule has 0 unspecified atom stereocenters. The number of halogens is 3. The minimum atomic E-state index is -4.52. The van der Waals surface area contributed by atoms with E-state index in [0.717, 1.165) is 42.4 Å². The number of aromatic nitrogens is 4. The smallest absolute Gasteiger partial charge is 0.354 e. The van der Waals surface area contributed by atoms with E-state index in [9.17, 15) is 13.2 Å². The number of pyridine rings is 1. The SMILES string of the molecule is Cc1nc2c(C(F)(F)F)cc(-c3[nH]c4ccc(C5CCNCC5)cc4c3C(C)C)cn2n1. The molecule has 0 aliphatic carbocycles. The fourth-order valence-corrected chi connectivity index (χ4v) is 4.91. The van der Waals surface area contributed by atoms with E-state index in [-0.39, 0.29) is 11.6 Å². The van der Waals surface area contributed by atoms with Crippen LogP contribution in [0.1, 0.15) is 61.0 Å². The highest BCUT2D eigenvalue weighted by atomic mass is 19.4. The molecule has 32 heavy (non-hydrogen) atoms. The molecular weight excluding hydrogens is 415 g/mol. The lowest BCUT2D eigenvalue weighted by molar-refractivity contribution is -0.136. The second-order valence-corrected chi connectivity index (χ2v) is 8.97. The predicted molar refractivity (Wildman–Crippen MR) is 119 cm³/mol. The monoisotopic (exact) mass is 441 g/mol. The van der Waals surface area contributed by atoms with E-state index in [4.69, 9.17) is 0 Å². The van der Waals surface area contributed by atoms with Crippen molar-refractivity contribution in [1.29, 1.82) is 0 Å². The van der Waals surface area contributed by atoms with Gasteiger partial charge in [0, 0.05) is 22.7 Å². The third kappa shape index (κ3) is 3.56. The third-order valence-corrected chi connectivity index (χ3v) is 6.38. The number of fused-ring (bicyclic) bond motifs is 2. The van der Waals surface area contributed by atoms with Crippen molar-refractivity contribution in [1.82, 2.24) is 24.9 Å². The zero-order chi connectivity index (χ0) is 22.6. The first-order chi connectivity index (χ1) is 15.2. The molecule has 0 amide bonds. The fraction of sp³-hybridized carbons (Fsp3) is 0.417. The molecule has 0 bridgehead atoms. The molecule has 4 heterocycles. The molecule has 4 aromatic rings. The Hall–Kier alpha value is -2.87. The van der Waals surface area contributed by atoms with Gasteiger partial charge in [0.25, 0.3) is 0 Å². The van der Waals surface area contributed by atoms with E-state index in [2.05, 4.69) is 52.4 Å². The third-order valence-electron chi connectivity index (χ3n) is 6.38. The van der Waals surface area contributed by atoms with Crippen LogP contribution in [0.2, 0.25) is 0 Å². The molecule has 1 aliphatic rings. The zero-order valence-electron chi connectivity index (χ0n) is 18.3. The maximum Gasteiger partial charge on any atom is 0.420 e. The average Bonchev–Trinajstić information content (AvgIpc) is 3.31. The molecule has 8 heteroatoms. The van der Waals surface area contributed by atoms with Crippen molar-refractivity contribution in [2.24, 2.45) is 0 Å². The van der Waals surface area contributed by atoms with E-state index in [1.807, 2.05) is 0 Å². The molecule has 5 rings (SSSR count). The first kappa shape index (κ1) is 21.0. The summed E-state index contributed by atoms with van der Waals surface area (Å²) in [7, 11) is 0. The summed E-state index contributed by atoms with van der Waals surface area (Å²) >= 11 is 0. The highest BCUT2D eigenvalue weighted by molar-refractivity contribution is 5.92. The Morgan fingerprint density at radius 1 is 1.12 bits per heavy atom. The summed E-state index contributed by atoms with van der Waals surface area (Å²) in [4.78, 5) is 7.40. The van der Waals surface area contributed by atoms with Crippen LogP contribution < -0.4 is 5.32 Å². The van der Waals surface area contributed by atoms with E-state index in [0.29, 0.717) is 23.0 Å². The minimum Gasteiger partial charge on any atom is -0.354 e. The van der Waals surface area contributed by atoms with E-state index in [1.54, 1.807) is 13.1 Å². The van der Waals surface area contributed by atoms with Crippen molar-refractivity contribution in [3.63, 3.8) is 0 Å². The lowest BCUT2D eigenvalue weighted by Crippen LogP contribution is -2.26. The molecule has 0 spiro atoms. The van der Waals surface area contributed by atoms with Crippen molar-refractivity contribution < 1.29 is 13.2 Å². The molecule has 1 saturated heterocycles. The van der Waals surface area contributed by atoms with E-state index < -0.39 is 11.7 Å². The molecule has 0 radical (unpaired) electrons. The molecule has 1 fully saturated rings. The zero-order valence-corrected chi connectivity index (χ0v) is 18.3. The molecule has 168 valence electrons. The molecule has 0 atom stereocenters. The summed E-state index contributed by atoms with van der Waals surface area (Å²) in [6, 6.07) is 7.62. The summed E-state index contributed by atoms with van der Waals surface area (Å²) in [5, 5.41) is 8.64. The van der Waals surface area contributed by atoms with Gasteiger partial charge in [0.15, 0.2) is 5.65 Å². The van der Waals surface area contributed by atoms with Gasteiger partial charge in [-0.25, -0.2) is 9.50 Å². The van der Waals surface area contributed by atoms with Crippen LogP contribution in [-0.2, 0) is 6.18 Å². The van der Waals surface area contributed by atoms with Crippen molar-refractivity contribution in [2.45, 2.75) is 51.6 Å². The number of nitrogens with one attached hydrogen (secondary N) is 2. The Kier molecular flexibility index (Phi) is 5.00. The predicted octanol–water partition coefficient (Wildman–Crippen LogP) is 5.80. The van der Waals surface area contributed by atoms with Crippen LogP contribution in [0.3, 0.4) is 0 Å². The van der Waals surface area contributed by atoms with Crippen LogP contribution in [0.15, 0.2) is 30.5 Å². The van der Waals surface area contributed by atoms with Crippen LogP contribution in [0, 0.1) is 6.92 Å². The number of benzene rings is 1. The summed E-state index contributed by atoms with van der Waals surface area (Å²) in [5.74, 6) is 0.940. The van der Waals surface area contributed by atoms with Crippen LogP contribution >= 0.6 is 0 Å². The van der Waals surface area contributed by atoms with Gasteiger partial charge in [-0.2, -0.15) is 18.3 Å². The number of nitrogens with zero attached hydrogens (tertiary/aromatic N) is 3. The Bertz CT molecular complexity index is 1290. The van der Waals surface area contributed by atoms with Crippen molar-refractivity contribution in [3.05, 3.63) is 53.0 Å². The number of alkyl halides is 3. The van der Waals surface area contributed by atoms with Crippen LogP contribution in [-0.4, -0.2) is 32.7 Å². The van der Waals surface area contributed by atoms with Gasteiger partial charge in [-0.05, 0) is 74.0 Å². The lowest BCUT2D eigenvalue weighted by Gasteiger charge is -2.23. The molecule has 5 nitrogen and oxygen atoms in total. The first-order valence-electron chi connectivity index (χ1n) is 11.0. The van der Waals surface area contributed by atoms with Gasteiger partial charge < -0.3 is 10.3 Å². The quantitative estimate of drug-likeness (QED) is 0.423. The minimum absolute atomic E-state index is 0.129. The highest BCUT2D eigenvalue weighted by Gasteiger charge is 2.35. The van der Waals surface area contributed by atoms with Gasteiger partial charge in [0.1, 0.15) is 11.4 Å². The lowest BCUT2D eigenvalue weighted by atomic mass is 9.88. The molecule has 1 aromatic carbocycles. The van der Waals surface area contributed by atoms with Crippen molar-refractivity contribution >= 4 is 16.6 Å². The number of piperidine rings is 1. The average molecular weight is 442 g/mol. The van der Waals surface area contributed by atoms with Gasteiger partial charge in [0.2, 0.25) is 0 Å². The number of hydrogen-bond donors (Lipinski definition) is 2. The fourth-order valence-electron chi connectivity index (χ4n) is 4.91. The van der Waals surface area contributed by atoms with Gasteiger partial charge >= 0.3 is 6.18 Å². The van der Waals surface area contributed by atoms with Crippen LogP contribution in [0.5, 0.6) is 0 Å². The topological polar surface area (TPSA) is 58.0 Å². The summed E-state index contributed by atoms with van der Waals surface area (Å²) < 4.78 is 42.8. The molecule has 0 saturated carbocycles. The van der Waals surface area contributed by atoms with Crippen LogP contribution in [0.4, 0.5) is 13.2 Å². The number of hydrogen-bond acceptors (Lipinski definition) is 3. The second kappa shape index (κ2) is 7.62.